The van der Waals surface area contributed by atoms with E-state index in [-0.39, 0.29) is 5.91 Å². The fourth-order valence-electron chi connectivity index (χ4n) is 2.78. The van der Waals surface area contributed by atoms with Crippen molar-refractivity contribution in [2.45, 2.75) is 25.7 Å². The Morgan fingerprint density at radius 3 is 2.68 bits per heavy atom. The zero-order valence-electron chi connectivity index (χ0n) is 12.8. The molecule has 0 spiro atoms. The van der Waals surface area contributed by atoms with Crippen molar-refractivity contribution < 1.29 is 4.79 Å². The van der Waals surface area contributed by atoms with Crippen LogP contribution in [0.4, 0.5) is 5.69 Å². The van der Waals surface area contributed by atoms with Crippen LogP contribution in [0, 0.1) is 6.92 Å². The van der Waals surface area contributed by atoms with Gasteiger partial charge in [0.2, 0.25) is 0 Å². The molecule has 0 aliphatic carbocycles. The van der Waals surface area contributed by atoms with E-state index in [1.54, 1.807) is 12.3 Å². The smallest absolute Gasteiger partial charge is 0.257 e. The molecule has 1 atom stereocenters. The van der Waals surface area contributed by atoms with Crippen molar-refractivity contribution in [1.82, 2.24) is 10.3 Å². The first kappa shape index (κ1) is 14.7. The minimum atomic E-state index is -0.125. The number of nitrogens with zero attached hydrogens (tertiary/aromatic N) is 1. The summed E-state index contributed by atoms with van der Waals surface area (Å²) in [6.45, 7) is 4.07. The first-order valence-corrected chi connectivity index (χ1v) is 7.77. The predicted octanol–water partition coefficient (Wildman–Crippen LogP) is 3.11. The van der Waals surface area contributed by atoms with Crippen LogP contribution in [-0.4, -0.2) is 24.0 Å². The zero-order chi connectivity index (χ0) is 15.4. The van der Waals surface area contributed by atoms with Gasteiger partial charge in [0.15, 0.2) is 0 Å². The summed E-state index contributed by atoms with van der Waals surface area (Å²) < 4.78 is 0. The molecule has 1 aliphatic heterocycles. The van der Waals surface area contributed by atoms with E-state index in [1.807, 2.05) is 25.1 Å². The number of amides is 1. The molecule has 22 heavy (non-hydrogen) atoms. The molecule has 0 unspecified atom stereocenters. The lowest BCUT2D eigenvalue weighted by atomic mass is 9.92. The van der Waals surface area contributed by atoms with Gasteiger partial charge in [-0.15, -0.1) is 0 Å². The van der Waals surface area contributed by atoms with Gasteiger partial charge in [-0.25, -0.2) is 0 Å². The number of hydrogen-bond acceptors (Lipinski definition) is 3. The Morgan fingerprint density at radius 2 is 2.05 bits per heavy atom. The van der Waals surface area contributed by atoms with Gasteiger partial charge >= 0.3 is 0 Å². The highest BCUT2D eigenvalue weighted by molar-refractivity contribution is 6.04. The highest BCUT2D eigenvalue weighted by Gasteiger charge is 2.15. The molecule has 2 aromatic rings. The lowest BCUT2D eigenvalue weighted by molar-refractivity contribution is 0.102. The molecular formula is C18H21N3O. The van der Waals surface area contributed by atoms with Crippen LogP contribution in [0.2, 0.25) is 0 Å². The predicted molar refractivity (Wildman–Crippen MR) is 88.2 cm³/mol. The number of aryl methyl sites for hydroxylation is 1. The van der Waals surface area contributed by atoms with Gasteiger partial charge in [0, 0.05) is 24.1 Å². The van der Waals surface area contributed by atoms with E-state index in [4.69, 9.17) is 0 Å². The summed E-state index contributed by atoms with van der Waals surface area (Å²) in [4.78, 5) is 16.3. The van der Waals surface area contributed by atoms with Gasteiger partial charge in [0.1, 0.15) is 0 Å². The number of rotatable bonds is 3. The van der Waals surface area contributed by atoms with Crippen LogP contribution in [0.5, 0.6) is 0 Å². The monoisotopic (exact) mass is 295 g/mol. The molecule has 1 fully saturated rings. The van der Waals surface area contributed by atoms with Gasteiger partial charge < -0.3 is 10.6 Å². The Labute approximate surface area is 131 Å². The van der Waals surface area contributed by atoms with E-state index in [0.29, 0.717) is 11.5 Å². The number of anilines is 1. The number of carbonyl (C=O) groups is 1. The molecule has 1 amide bonds. The second-order valence-corrected chi connectivity index (χ2v) is 5.81. The third kappa shape index (κ3) is 3.52. The quantitative estimate of drug-likeness (QED) is 0.915. The van der Waals surface area contributed by atoms with Crippen molar-refractivity contribution in [3.05, 3.63) is 59.4 Å². The molecule has 1 aromatic heterocycles. The summed E-state index contributed by atoms with van der Waals surface area (Å²) in [5, 5.41) is 6.34. The molecule has 4 heteroatoms. The number of pyridine rings is 1. The van der Waals surface area contributed by atoms with E-state index in [2.05, 4.69) is 27.8 Å². The normalized spacial score (nSPS) is 18.0. The van der Waals surface area contributed by atoms with E-state index in [1.165, 1.54) is 18.4 Å². The summed E-state index contributed by atoms with van der Waals surface area (Å²) >= 11 is 0. The van der Waals surface area contributed by atoms with E-state index in [9.17, 15) is 4.79 Å². The molecule has 2 N–H and O–H groups in total. The van der Waals surface area contributed by atoms with Crippen LogP contribution in [0.1, 0.15) is 40.4 Å². The first-order valence-electron chi connectivity index (χ1n) is 7.77. The molecule has 0 saturated carbocycles. The Bertz CT molecular complexity index is 628. The van der Waals surface area contributed by atoms with Crippen LogP contribution >= 0.6 is 0 Å². The standard InChI is InChI=1S/C18H21N3O/c1-13-4-5-16(12-20-13)18(22)21-17-8-6-14(7-9-17)15-3-2-10-19-11-15/h4-9,12,15,19H,2-3,10-11H2,1H3,(H,21,22)/t15-/m0/s1. The van der Waals surface area contributed by atoms with Crippen molar-refractivity contribution in [1.29, 1.82) is 0 Å². The Kier molecular flexibility index (Phi) is 4.49. The molecule has 4 nitrogen and oxygen atoms in total. The Hall–Kier alpha value is -2.20. The highest BCUT2D eigenvalue weighted by Crippen LogP contribution is 2.24. The number of piperidine rings is 1. The fraction of sp³-hybridized carbons (Fsp3) is 0.333. The lowest BCUT2D eigenvalue weighted by Crippen LogP contribution is -2.28. The molecule has 0 radical (unpaired) electrons. The first-order chi connectivity index (χ1) is 10.7. The highest BCUT2D eigenvalue weighted by atomic mass is 16.1. The van der Waals surface area contributed by atoms with Gasteiger partial charge in [-0.1, -0.05) is 12.1 Å². The molecule has 1 aliphatic rings. The summed E-state index contributed by atoms with van der Waals surface area (Å²) in [5.74, 6) is 0.458. The average molecular weight is 295 g/mol. The second-order valence-electron chi connectivity index (χ2n) is 5.81. The molecule has 3 rings (SSSR count). The summed E-state index contributed by atoms with van der Waals surface area (Å²) in [6, 6.07) is 11.8. The number of benzene rings is 1. The largest absolute Gasteiger partial charge is 0.322 e. The van der Waals surface area contributed by atoms with Gasteiger partial charge in [0.25, 0.3) is 5.91 Å². The Morgan fingerprint density at radius 1 is 1.23 bits per heavy atom. The van der Waals surface area contributed by atoms with Gasteiger partial charge in [0.05, 0.1) is 5.56 Å². The second kappa shape index (κ2) is 6.71. The van der Waals surface area contributed by atoms with Crippen molar-refractivity contribution in [3.63, 3.8) is 0 Å². The average Bonchev–Trinajstić information content (AvgIpc) is 2.57. The minimum Gasteiger partial charge on any atom is -0.322 e. The zero-order valence-corrected chi connectivity index (χ0v) is 12.8. The summed E-state index contributed by atoms with van der Waals surface area (Å²) in [6.07, 6.45) is 4.06. The molecule has 2 heterocycles. The number of aromatic nitrogens is 1. The van der Waals surface area contributed by atoms with Crippen LogP contribution in [0.3, 0.4) is 0 Å². The SMILES string of the molecule is Cc1ccc(C(=O)Nc2ccc([C@H]3CCCNC3)cc2)cn1. The van der Waals surface area contributed by atoms with Crippen LogP contribution in [-0.2, 0) is 0 Å². The van der Waals surface area contributed by atoms with Crippen molar-refractivity contribution >= 4 is 11.6 Å². The van der Waals surface area contributed by atoms with Crippen LogP contribution in [0.15, 0.2) is 42.6 Å². The number of hydrogen-bond donors (Lipinski definition) is 2. The lowest BCUT2D eigenvalue weighted by Gasteiger charge is -2.23. The number of carbonyl (C=O) groups excluding carboxylic acids is 1. The maximum atomic E-state index is 12.2. The summed E-state index contributed by atoms with van der Waals surface area (Å²) in [5.41, 5.74) is 3.63. The molecular weight excluding hydrogens is 274 g/mol. The van der Waals surface area contributed by atoms with Crippen molar-refractivity contribution in [2.24, 2.45) is 0 Å². The maximum absolute atomic E-state index is 12.2. The van der Waals surface area contributed by atoms with E-state index in [0.717, 1.165) is 24.5 Å². The third-order valence-corrected chi connectivity index (χ3v) is 4.11. The van der Waals surface area contributed by atoms with Crippen molar-refractivity contribution in [2.75, 3.05) is 18.4 Å². The fourth-order valence-corrected chi connectivity index (χ4v) is 2.78. The summed E-state index contributed by atoms with van der Waals surface area (Å²) in [7, 11) is 0. The third-order valence-electron chi connectivity index (χ3n) is 4.11. The maximum Gasteiger partial charge on any atom is 0.257 e. The van der Waals surface area contributed by atoms with E-state index >= 15 is 0 Å². The minimum absolute atomic E-state index is 0.125. The van der Waals surface area contributed by atoms with Gasteiger partial charge in [-0.05, 0) is 62.1 Å². The van der Waals surface area contributed by atoms with Crippen molar-refractivity contribution in [3.8, 4) is 0 Å². The Balaban J connectivity index is 1.65. The molecule has 114 valence electrons. The van der Waals surface area contributed by atoms with Crippen LogP contribution < -0.4 is 10.6 Å². The molecule has 1 saturated heterocycles. The van der Waals surface area contributed by atoms with E-state index < -0.39 is 0 Å². The van der Waals surface area contributed by atoms with Gasteiger partial charge in [-0.3, -0.25) is 9.78 Å². The topological polar surface area (TPSA) is 54.0 Å². The number of nitrogens with one attached hydrogen (secondary N) is 2. The van der Waals surface area contributed by atoms with Crippen LogP contribution in [0.25, 0.3) is 0 Å². The van der Waals surface area contributed by atoms with Gasteiger partial charge in [-0.2, -0.15) is 0 Å². The molecule has 0 bridgehead atoms. The molecule has 1 aromatic carbocycles.